The van der Waals surface area contributed by atoms with Crippen LogP contribution < -0.4 is 10.6 Å². The van der Waals surface area contributed by atoms with E-state index in [0.717, 1.165) is 5.69 Å². The second kappa shape index (κ2) is 4.81. The first kappa shape index (κ1) is 9.98. The number of nitrogens with zero attached hydrogens (tertiary/aromatic N) is 1. The van der Waals surface area contributed by atoms with E-state index in [1.54, 1.807) is 6.07 Å². The van der Waals surface area contributed by atoms with Crippen LogP contribution in [0.2, 0.25) is 0 Å². The van der Waals surface area contributed by atoms with Gasteiger partial charge in [0.15, 0.2) is 5.11 Å². The molecule has 0 bridgehead atoms. The first-order valence-electron chi connectivity index (χ1n) is 4.12. The first-order chi connectivity index (χ1) is 6.18. The van der Waals surface area contributed by atoms with Crippen LogP contribution in [0.3, 0.4) is 0 Å². The molecule has 1 heterocycles. The van der Waals surface area contributed by atoms with Gasteiger partial charge >= 0.3 is 0 Å². The molecule has 0 unspecified atom stereocenters. The average Bonchev–Trinajstić information content (AvgIpc) is 2.51. The molecule has 0 radical (unpaired) electrons. The molecule has 0 aliphatic carbocycles. The zero-order valence-corrected chi connectivity index (χ0v) is 8.52. The van der Waals surface area contributed by atoms with Crippen molar-refractivity contribution in [2.75, 3.05) is 0 Å². The number of hydrogen-bond acceptors (Lipinski definition) is 3. The van der Waals surface area contributed by atoms with Crippen LogP contribution in [0.5, 0.6) is 0 Å². The van der Waals surface area contributed by atoms with Crippen molar-refractivity contribution in [3.8, 4) is 0 Å². The van der Waals surface area contributed by atoms with E-state index in [1.807, 2.05) is 13.8 Å². The maximum absolute atomic E-state index is 5.02. The molecule has 0 aromatic carbocycles. The highest BCUT2D eigenvalue weighted by Crippen LogP contribution is 1.92. The lowest BCUT2D eigenvalue weighted by Crippen LogP contribution is -2.38. The molecule has 0 spiro atoms. The summed E-state index contributed by atoms with van der Waals surface area (Å²) in [6.07, 6.45) is 1.54. The normalized spacial score (nSPS) is 10.1. The van der Waals surface area contributed by atoms with E-state index in [9.17, 15) is 0 Å². The van der Waals surface area contributed by atoms with Gasteiger partial charge in [-0.25, -0.2) is 0 Å². The topological polar surface area (TPSA) is 50.1 Å². The van der Waals surface area contributed by atoms with Crippen molar-refractivity contribution in [3.63, 3.8) is 0 Å². The summed E-state index contributed by atoms with van der Waals surface area (Å²) in [5.41, 5.74) is 0.841. The average molecular weight is 199 g/mol. The molecule has 0 saturated carbocycles. The zero-order valence-electron chi connectivity index (χ0n) is 7.70. The van der Waals surface area contributed by atoms with Gasteiger partial charge < -0.3 is 15.2 Å². The summed E-state index contributed by atoms with van der Waals surface area (Å²) in [7, 11) is 0. The zero-order chi connectivity index (χ0) is 9.68. The Morgan fingerprint density at radius 3 is 3.00 bits per heavy atom. The van der Waals surface area contributed by atoms with Crippen LogP contribution in [0.1, 0.15) is 19.5 Å². The van der Waals surface area contributed by atoms with Gasteiger partial charge in [0.1, 0.15) is 12.0 Å². The second-order valence-corrected chi connectivity index (χ2v) is 3.38. The van der Waals surface area contributed by atoms with Gasteiger partial charge in [0, 0.05) is 12.1 Å². The van der Waals surface area contributed by atoms with Crippen molar-refractivity contribution in [2.24, 2.45) is 0 Å². The Bertz CT molecular complexity index is 258. The molecule has 1 rings (SSSR count). The van der Waals surface area contributed by atoms with Crippen LogP contribution in [-0.4, -0.2) is 16.3 Å². The minimum absolute atomic E-state index is 0.345. The van der Waals surface area contributed by atoms with Gasteiger partial charge in [-0.15, -0.1) is 0 Å². The number of hydrogen-bond donors (Lipinski definition) is 2. The Labute approximate surface area is 82.7 Å². The molecule has 0 saturated heterocycles. The molecule has 0 aliphatic heterocycles. The molecule has 1 aromatic rings. The maximum Gasteiger partial charge on any atom is 0.166 e. The molecule has 4 nitrogen and oxygen atoms in total. The van der Waals surface area contributed by atoms with Crippen LogP contribution in [-0.2, 0) is 6.54 Å². The van der Waals surface area contributed by atoms with E-state index >= 15 is 0 Å². The summed E-state index contributed by atoms with van der Waals surface area (Å²) in [6.45, 7) is 4.66. The van der Waals surface area contributed by atoms with Crippen molar-refractivity contribution < 1.29 is 4.52 Å². The molecule has 5 heteroatoms. The van der Waals surface area contributed by atoms with Gasteiger partial charge in [0.25, 0.3) is 0 Å². The lowest BCUT2D eigenvalue weighted by Gasteiger charge is -2.11. The molecule has 0 amide bonds. The summed E-state index contributed by atoms with van der Waals surface area (Å²) in [5, 5.41) is 10.5. The van der Waals surface area contributed by atoms with Crippen LogP contribution >= 0.6 is 12.2 Å². The summed E-state index contributed by atoms with van der Waals surface area (Å²) in [4.78, 5) is 0. The smallest absolute Gasteiger partial charge is 0.166 e. The summed E-state index contributed by atoms with van der Waals surface area (Å²) in [5.74, 6) is 0. The van der Waals surface area contributed by atoms with E-state index in [2.05, 4.69) is 20.3 Å². The van der Waals surface area contributed by atoms with Crippen molar-refractivity contribution in [3.05, 3.63) is 18.0 Å². The standard InChI is InChI=1S/C8H13N3OS/c1-6(2)10-8(13)9-5-7-3-4-12-11-7/h3-4,6H,5H2,1-2H3,(H2,9,10,13). The largest absolute Gasteiger partial charge is 0.364 e. The molecule has 13 heavy (non-hydrogen) atoms. The van der Waals surface area contributed by atoms with Crippen molar-refractivity contribution in [1.82, 2.24) is 15.8 Å². The van der Waals surface area contributed by atoms with E-state index in [1.165, 1.54) is 6.26 Å². The van der Waals surface area contributed by atoms with Gasteiger partial charge in [-0.1, -0.05) is 5.16 Å². The molecular formula is C8H13N3OS. The van der Waals surface area contributed by atoms with Crippen molar-refractivity contribution in [1.29, 1.82) is 0 Å². The Balaban J connectivity index is 2.23. The van der Waals surface area contributed by atoms with E-state index < -0.39 is 0 Å². The highest BCUT2D eigenvalue weighted by molar-refractivity contribution is 7.80. The highest BCUT2D eigenvalue weighted by Gasteiger charge is 1.99. The predicted molar refractivity (Wildman–Crippen MR) is 54.2 cm³/mol. The Hall–Kier alpha value is -1.10. The van der Waals surface area contributed by atoms with E-state index in [-0.39, 0.29) is 0 Å². The maximum atomic E-state index is 5.02. The lowest BCUT2D eigenvalue weighted by atomic mass is 10.4. The third-order valence-electron chi connectivity index (χ3n) is 1.34. The molecule has 0 aliphatic rings. The Kier molecular flexibility index (Phi) is 3.70. The monoisotopic (exact) mass is 199 g/mol. The molecule has 2 N–H and O–H groups in total. The highest BCUT2D eigenvalue weighted by atomic mass is 32.1. The van der Waals surface area contributed by atoms with Crippen molar-refractivity contribution >= 4 is 17.3 Å². The second-order valence-electron chi connectivity index (χ2n) is 2.97. The Morgan fingerprint density at radius 1 is 1.69 bits per heavy atom. The fourth-order valence-corrected chi connectivity index (χ4v) is 1.12. The molecule has 0 atom stereocenters. The third-order valence-corrected chi connectivity index (χ3v) is 1.60. The van der Waals surface area contributed by atoms with Crippen LogP contribution in [0.15, 0.2) is 16.9 Å². The minimum atomic E-state index is 0.345. The number of nitrogens with one attached hydrogen (secondary N) is 2. The van der Waals surface area contributed by atoms with Gasteiger partial charge in [-0.3, -0.25) is 0 Å². The Morgan fingerprint density at radius 2 is 2.46 bits per heavy atom. The predicted octanol–water partition coefficient (Wildman–Crippen LogP) is 1.05. The van der Waals surface area contributed by atoms with Crippen molar-refractivity contribution in [2.45, 2.75) is 26.4 Å². The van der Waals surface area contributed by atoms with Crippen LogP contribution in [0.25, 0.3) is 0 Å². The minimum Gasteiger partial charge on any atom is -0.364 e. The number of rotatable bonds is 3. The first-order valence-corrected chi connectivity index (χ1v) is 4.53. The quantitative estimate of drug-likeness (QED) is 0.713. The van der Waals surface area contributed by atoms with E-state index in [4.69, 9.17) is 12.2 Å². The molecule has 1 aromatic heterocycles. The molecular weight excluding hydrogens is 186 g/mol. The van der Waals surface area contributed by atoms with Gasteiger partial charge in [-0.2, -0.15) is 0 Å². The van der Waals surface area contributed by atoms with Gasteiger partial charge in [-0.05, 0) is 26.1 Å². The summed E-state index contributed by atoms with van der Waals surface area (Å²) >= 11 is 5.02. The number of thiocarbonyl (C=S) groups is 1. The fraction of sp³-hybridized carbons (Fsp3) is 0.500. The van der Waals surface area contributed by atoms with Crippen LogP contribution in [0, 0.1) is 0 Å². The van der Waals surface area contributed by atoms with E-state index in [0.29, 0.717) is 17.7 Å². The van der Waals surface area contributed by atoms with Gasteiger partial charge in [0.2, 0.25) is 0 Å². The lowest BCUT2D eigenvalue weighted by molar-refractivity contribution is 0.410. The SMILES string of the molecule is CC(C)NC(=S)NCc1ccon1. The number of aromatic nitrogens is 1. The van der Waals surface area contributed by atoms with Gasteiger partial charge in [0.05, 0.1) is 6.54 Å². The third kappa shape index (κ3) is 3.89. The molecule has 72 valence electrons. The summed E-state index contributed by atoms with van der Waals surface area (Å²) in [6, 6.07) is 2.14. The molecule has 0 fully saturated rings. The van der Waals surface area contributed by atoms with Crippen LogP contribution in [0.4, 0.5) is 0 Å². The fourth-order valence-electron chi connectivity index (χ4n) is 0.813. The summed E-state index contributed by atoms with van der Waals surface area (Å²) < 4.78 is 4.67.